The Labute approximate surface area is 131 Å². The SMILES string of the molecule is CC1CCC2CCC3(N)C4CCCC4(C)CCC3C2(C)C1. The summed E-state index contributed by atoms with van der Waals surface area (Å²) in [6.45, 7) is 7.68. The Hall–Kier alpha value is -0.0400. The van der Waals surface area contributed by atoms with Crippen LogP contribution in [-0.2, 0) is 0 Å². The van der Waals surface area contributed by atoms with Crippen LogP contribution in [0.25, 0.3) is 0 Å². The van der Waals surface area contributed by atoms with Gasteiger partial charge in [-0.1, -0.05) is 33.6 Å². The Morgan fingerprint density at radius 1 is 0.857 bits per heavy atom. The van der Waals surface area contributed by atoms with Crippen molar-refractivity contribution in [2.24, 2.45) is 40.2 Å². The molecule has 0 aromatic carbocycles. The molecule has 4 fully saturated rings. The Kier molecular flexibility index (Phi) is 3.11. The maximum atomic E-state index is 7.27. The van der Waals surface area contributed by atoms with Gasteiger partial charge in [0.1, 0.15) is 0 Å². The highest BCUT2D eigenvalue weighted by atomic mass is 14.9. The number of hydrogen-bond acceptors (Lipinski definition) is 1. The summed E-state index contributed by atoms with van der Waals surface area (Å²) in [5.74, 6) is 3.52. The number of hydrogen-bond donors (Lipinski definition) is 1. The Balaban J connectivity index is 1.71. The van der Waals surface area contributed by atoms with Crippen molar-refractivity contribution in [3.05, 3.63) is 0 Å². The zero-order valence-electron chi connectivity index (χ0n) is 14.5. The van der Waals surface area contributed by atoms with Crippen LogP contribution in [0.15, 0.2) is 0 Å². The molecule has 7 unspecified atom stereocenters. The summed E-state index contributed by atoms with van der Waals surface area (Å²) in [6.07, 6.45) is 14.3. The van der Waals surface area contributed by atoms with Crippen LogP contribution in [-0.4, -0.2) is 5.54 Å². The maximum absolute atomic E-state index is 7.27. The van der Waals surface area contributed by atoms with Crippen LogP contribution in [0.2, 0.25) is 0 Å². The smallest absolute Gasteiger partial charge is 0.0222 e. The Morgan fingerprint density at radius 3 is 2.48 bits per heavy atom. The summed E-state index contributed by atoms with van der Waals surface area (Å²) in [4.78, 5) is 0. The fourth-order valence-corrected chi connectivity index (χ4v) is 7.89. The zero-order valence-corrected chi connectivity index (χ0v) is 14.5. The van der Waals surface area contributed by atoms with Gasteiger partial charge in [0.25, 0.3) is 0 Å². The van der Waals surface area contributed by atoms with Crippen LogP contribution in [0, 0.1) is 34.5 Å². The quantitative estimate of drug-likeness (QED) is 0.657. The average molecular weight is 290 g/mol. The molecular weight excluding hydrogens is 254 g/mol. The van der Waals surface area contributed by atoms with Crippen molar-refractivity contribution < 1.29 is 0 Å². The van der Waals surface area contributed by atoms with E-state index in [0.717, 1.165) is 23.7 Å². The molecule has 4 aliphatic rings. The van der Waals surface area contributed by atoms with E-state index in [0.29, 0.717) is 10.8 Å². The van der Waals surface area contributed by atoms with E-state index in [1.165, 1.54) is 64.2 Å². The summed E-state index contributed by atoms with van der Waals surface area (Å²) in [7, 11) is 0. The molecule has 7 atom stereocenters. The van der Waals surface area contributed by atoms with E-state index in [4.69, 9.17) is 5.73 Å². The topological polar surface area (TPSA) is 26.0 Å². The van der Waals surface area contributed by atoms with Crippen molar-refractivity contribution in [3.63, 3.8) is 0 Å². The normalized spacial score (nSPS) is 60.0. The van der Waals surface area contributed by atoms with Gasteiger partial charge in [0.05, 0.1) is 0 Å². The molecule has 2 N–H and O–H groups in total. The number of fused-ring (bicyclic) bond motifs is 5. The van der Waals surface area contributed by atoms with Gasteiger partial charge in [-0.15, -0.1) is 0 Å². The fourth-order valence-electron chi connectivity index (χ4n) is 7.89. The predicted molar refractivity (Wildman–Crippen MR) is 88.9 cm³/mol. The first kappa shape index (κ1) is 14.5. The molecule has 0 bridgehead atoms. The molecule has 4 aliphatic carbocycles. The number of nitrogens with two attached hydrogens (primary N) is 1. The van der Waals surface area contributed by atoms with Crippen molar-refractivity contribution in [2.75, 3.05) is 0 Å². The molecule has 0 spiro atoms. The van der Waals surface area contributed by atoms with Crippen molar-refractivity contribution in [1.82, 2.24) is 0 Å². The second-order valence-corrected chi connectivity index (χ2v) is 9.93. The van der Waals surface area contributed by atoms with E-state index in [1.54, 1.807) is 0 Å². The predicted octanol–water partition coefficient (Wildman–Crippen LogP) is 5.14. The van der Waals surface area contributed by atoms with Crippen LogP contribution in [0.5, 0.6) is 0 Å². The van der Waals surface area contributed by atoms with Gasteiger partial charge in [-0.3, -0.25) is 0 Å². The molecule has 1 heteroatoms. The minimum absolute atomic E-state index is 0.172. The van der Waals surface area contributed by atoms with E-state index in [2.05, 4.69) is 20.8 Å². The van der Waals surface area contributed by atoms with Gasteiger partial charge in [0.15, 0.2) is 0 Å². The first-order valence-corrected chi connectivity index (χ1v) is 9.67. The molecule has 0 aromatic heterocycles. The van der Waals surface area contributed by atoms with Crippen LogP contribution in [0.1, 0.15) is 85.0 Å². The van der Waals surface area contributed by atoms with Gasteiger partial charge in [0.2, 0.25) is 0 Å². The van der Waals surface area contributed by atoms with Gasteiger partial charge in [-0.05, 0) is 85.9 Å². The van der Waals surface area contributed by atoms with E-state index in [1.807, 2.05) is 0 Å². The van der Waals surface area contributed by atoms with E-state index >= 15 is 0 Å². The van der Waals surface area contributed by atoms with Gasteiger partial charge >= 0.3 is 0 Å². The molecule has 0 radical (unpaired) electrons. The highest BCUT2D eigenvalue weighted by molar-refractivity contribution is 5.16. The second kappa shape index (κ2) is 4.49. The van der Waals surface area contributed by atoms with Crippen LogP contribution < -0.4 is 5.73 Å². The maximum Gasteiger partial charge on any atom is 0.0222 e. The van der Waals surface area contributed by atoms with E-state index in [-0.39, 0.29) is 5.54 Å². The Bertz CT molecular complexity index is 432. The Morgan fingerprint density at radius 2 is 1.67 bits per heavy atom. The van der Waals surface area contributed by atoms with Crippen molar-refractivity contribution >= 4 is 0 Å². The average Bonchev–Trinajstić information content (AvgIpc) is 2.80. The summed E-state index contributed by atoms with van der Waals surface area (Å²) in [6, 6.07) is 0. The zero-order chi connectivity index (χ0) is 14.9. The molecule has 1 nitrogen and oxygen atoms in total. The second-order valence-electron chi connectivity index (χ2n) is 9.93. The highest BCUT2D eigenvalue weighted by Gasteiger charge is 2.63. The van der Waals surface area contributed by atoms with Gasteiger partial charge in [0, 0.05) is 5.54 Å². The molecule has 4 saturated carbocycles. The summed E-state index contributed by atoms with van der Waals surface area (Å²) in [5.41, 5.74) is 8.57. The molecule has 0 saturated heterocycles. The van der Waals surface area contributed by atoms with Crippen molar-refractivity contribution in [2.45, 2.75) is 90.5 Å². The van der Waals surface area contributed by atoms with Crippen LogP contribution in [0.3, 0.4) is 0 Å². The lowest BCUT2D eigenvalue weighted by Gasteiger charge is -2.65. The summed E-state index contributed by atoms with van der Waals surface area (Å²) >= 11 is 0. The van der Waals surface area contributed by atoms with Crippen molar-refractivity contribution in [3.8, 4) is 0 Å². The third kappa shape index (κ3) is 1.85. The molecule has 120 valence electrons. The minimum Gasteiger partial charge on any atom is -0.325 e. The van der Waals surface area contributed by atoms with Gasteiger partial charge < -0.3 is 5.73 Å². The standard InChI is InChI=1S/C20H35N/c1-14-6-7-15-8-12-20(21)16-5-4-10-18(16,2)11-9-17(20)19(15,3)13-14/h14-17H,4-13,21H2,1-3H3. The number of rotatable bonds is 0. The third-order valence-corrected chi connectivity index (χ3v) is 8.83. The molecule has 0 aromatic rings. The van der Waals surface area contributed by atoms with E-state index < -0.39 is 0 Å². The van der Waals surface area contributed by atoms with Crippen LogP contribution >= 0.6 is 0 Å². The lowest BCUT2D eigenvalue weighted by Crippen LogP contribution is -2.67. The lowest BCUT2D eigenvalue weighted by atomic mass is 9.42. The summed E-state index contributed by atoms with van der Waals surface area (Å²) in [5, 5.41) is 0. The highest BCUT2D eigenvalue weighted by Crippen LogP contribution is 2.67. The van der Waals surface area contributed by atoms with Gasteiger partial charge in [-0.2, -0.15) is 0 Å². The van der Waals surface area contributed by atoms with E-state index in [9.17, 15) is 0 Å². The fraction of sp³-hybridized carbons (Fsp3) is 1.00. The first-order valence-electron chi connectivity index (χ1n) is 9.67. The molecule has 4 rings (SSSR count). The molecule has 0 amide bonds. The molecule has 0 aliphatic heterocycles. The largest absolute Gasteiger partial charge is 0.325 e. The van der Waals surface area contributed by atoms with Crippen molar-refractivity contribution in [1.29, 1.82) is 0 Å². The molecule has 0 heterocycles. The van der Waals surface area contributed by atoms with Gasteiger partial charge in [-0.25, -0.2) is 0 Å². The molecule has 21 heavy (non-hydrogen) atoms. The first-order chi connectivity index (χ1) is 9.88. The monoisotopic (exact) mass is 289 g/mol. The van der Waals surface area contributed by atoms with Crippen LogP contribution in [0.4, 0.5) is 0 Å². The lowest BCUT2D eigenvalue weighted by molar-refractivity contribution is -0.126. The molecular formula is C20H35N. The third-order valence-electron chi connectivity index (χ3n) is 8.83. The summed E-state index contributed by atoms with van der Waals surface area (Å²) < 4.78 is 0. The minimum atomic E-state index is 0.172.